The van der Waals surface area contributed by atoms with E-state index in [4.69, 9.17) is 9.84 Å². The van der Waals surface area contributed by atoms with Gasteiger partial charge in [-0.1, -0.05) is 18.2 Å². The van der Waals surface area contributed by atoms with E-state index in [1.807, 2.05) is 30.3 Å². The summed E-state index contributed by atoms with van der Waals surface area (Å²) >= 11 is 0. The van der Waals surface area contributed by atoms with Crippen molar-refractivity contribution in [1.29, 1.82) is 0 Å². The van der Waals surface area contributed by atoms with Gasteiger partial charge in [-0.2, -0.15) is 5.10 Å². The Morgan fingerprint density at radius 2 is 1.90 bits per heavy atom. The van der Waals surface area contributed by atoms with Crippen molar-refractivity contribution in [1.82, 2.24) is 25.0 Å². The van der Waals surface area contributed by atoms with E-state index in [0.717, 1.165) is 5.69 Å². The fourth-order valence-corrected chi connectivity index (χ4v) is 4.05. The van der Waals surface area contributed by atoms with Crippen LogP contribution in [0.25, 0.3) is 5.69 Å². The molecule has 1 aliphatic heterocycles. The molecule has 1 aromatic heterocycles. The predicted octanol–water partition coefficient (Wildman–Crippen LogP) is 1.99. The van der Waals surface area contributed by atoms with Crippen molar-refractivity contribution in [3.63, 3.8) is 0 Å². The first kappa shape index (κ1) is 19.4. The summed E-state index contributed by atoms with van der Waals surface area (Å²) in [6.45, 7) is 1.28. The number of carboxylic acid groups (broad SMARTS) is 1. The number of urea groups is 1. The van der Waals surface area contributed by atoms with Gasteiger partial charge in [-0.3, -0.25) is 4.79 Å². The highest BCUT2D eigenvalue weighted by Gasteiger charge is 2.34. The summed E-state index contributed by atoms with van der Waals surface area (Å²) in [7, 11) is 0. The van der Waals surface area contributed by atoms with E-state index >= 15 is 0 Å². The first-order chi connectivity index (χ1) is 14.1. The minimum atomic E-state index is -0.747. The topological polar surface area (TPSA) is 110 Å². The van der Waals surface area contributed by atoms with Gasteiger partial charge in [0.25, 0.3) is 0 Å². The van der Waals surface area contributed by atoms with Crippen molar-refractivity contribution < 1.29 is 19.4 Å². The molecule has 0 spiro atoms. The number of nitrogens with zero attached hydrogens (tertiary/aromatic N) is 4. The number of benzene rings is 1. The molecule has 2 amide bonds. The number of rotatable bonds is 4. The van der Waals surface area contributed by atoms with E-state index in [2.05, 4.69) is 15.4 Å². The fraction of sp³-hybridized carbons (Fsp3) is 0.500. The third-order valence-corrected chi connectivity index (χ3v) is 5.67. The molecule has 2 heterocycles. The Balaban J connectivity index is 1.47. The highest BCUT2D eigenvalue weighted by molar-refractivity contribution is 5.75. The summed E-state index contributed by atoms with van der Waals surface area (Å²) in [5.41, 5.74) is 0.873. The second kappa shape index (κ2) is 8.60. The van der Waals surface area contributed by atoms with Crippen molar-refractivity contribution in [2.45, 2.75) is 37.8 Å². The number of aliphatic carboxylic acids is 1. The normalized spacial score (nSPS) is 24.8. The molecule has 0 radical (unpaired) electrons. The number of hydrogen-bond acceptors (Lipinski definition) is 5. The van der Waals surface area contributed by atoms with Gasteiger partial charge in [0.1, 0.15) is 12.4 Å². The van der Waals surface area contributed by atoms with E-state index in [1.54, 1.807) is 9.58 Å². The van der Waals surface area contributed by atoms with Crippen LogP contribution in [-0.2, 0) is 9.53 Å². The number of carbonyl (C=O) groups excluding carboxylic acids is 1. The van der Waals surface area contributed by atoms with Crippen LogP contribution in [0.5, 0.6) is 0 Å². The predicted molar refractivity (Wildman–Crippen MR) is 104 cm³/mol. The molecule has 1 saturated heterocycles. The van der Waals surface area contributed by atoms with Gasteiger partial charge < -0.3 is 20.1 Å². The number of para-hydroxylation sites is 1. The highest BCUT2D eigenvalue weighted by Crippen LogP contribution is 2.27. The molecule has 1 aliphatic carbocycles. The van der Waals surface area contributed by atoms with Crippen LogP contribution in [-0.4, -0.2) is 62.6 Å². The number of hydrogen-bond donors (Lipinski definition) is 2. The molecular formula is C20H25N5O4. The molecule has 1 atom stereocenters. The Bertz CT molecular complexity index is 848. The fourth-order valence-electron chi connectivity index (χ4n) is 4.05. The third kappa shape index (κ3) is 4.24. The zero-order valence-corrected chi connectivity index (χ0v) is 16.1. The van der Waals surface area contributed by atoms with E-state index < -0.39 is 5.97 Å². The van der Waals surface area contributed by atoms with Crippen molar-refractivity contribution in [3.05, 3.63) is 42.5 Å². The second-order valence-corrected chi connectivity index (χ2v) is 7.49. The van der Waals surface area contributed by atoms with Crippen LogP contribution in [0.2, 0.25) is 0 Å². The average molecular weight is 399 g/mol. The van der Waals surface area contributed by atoms with Crippen molar-refractivity contribution >= 4 is 12.0 Å². The highest BCUT2D eigenvalue weighted by atomic mass is 16.5. The number of nitrogens with one attached hydrogen (secondary N) is 1. The Kier molecular flexibility index (Phi) is 5.75. The monoisotopic (exact) mass is 399 g/mol. The van der Waals surface area contributed by atoms with Gasteiger partial charge in [-0.15, -0.1) is 0 Å². The smallest absolute Gasteiger partial charge is 0.318 e. The number of ether oxygens (including phenoxy) is 1. The first-order valence-corrected chi connectivity index (χ1v) is 9.96. The average Bonchev–Trinajstić information content (AvgIpc) is 3.24. The van der Waals surface area contributed by atoms with Crippen LogP contribution in [0.3, 0.4) is 0 Å². The maximum atomic E-state index is 13.0. The van der Waals surface area contributed by atoms with E-state index in [0.29, 0.717) is 51.3 Å². The molecule has 9 nitrogen and oxygen atoms in total. The van der Waals surface area contributed by atoms with Crippen LogP contribution < -0.4 is 5.32 Å². The summed E-state index contributed by atoms with van der Waals surface area (Å²) < 4.78 is 7.37. The maximum Gasteiger partial charge on any atom is 0.318 e. The Labute approximate surface area is 168 Å². The lowest BCUT2D eigenvalue weighted by Crippen LogP contribution is -2.51. The Morgan fingerprint density at radius 3 is 2.62 bits per heavy atom. The minimum absolute atomic E-state index is 0.00594. The van der Waals surface area contributed by atoms with E-state index in [-0.39, 0.29) is 24.0 Å². The molecule has 2 aliphatic rings. The van der Waals surface area contributed by atoms with Crippen molar-refractivity contribution in [2.75, 3.05) is 19.8 Å². The number of carboxylic acids is 1. The summed E-state index contributed by atoms with van der Waals surface area (Å²) in [5, 5.41) is 16.6. The number of carbonyl (C=O) groups is 2. The molecule has 9 heteroatoms. The Morgan fingerprint density at radius 1 is 1.14 bits per heavy atom. The molecule has 0 bridgehead atoms. The molecular weight excluding hydrogens is 374 g/mol. The van der Waals surface area contributed by atoms with Gasteiger partial charge in [-0.25, -0.2) is 14.5 Å². The molecule has 2 fully saturated rings. The quantitative estimate of drug-likeness (QED) is 0.814. The summed E-state index contributed by atoms with van der Waals surface area (Å²) in [5.74, 6) is -0.396. The molecule has 1 unspecified atom stereocenters. The van der Waals surface area contributed by atoms with Gasteiger partial charge in [0, 0.05) is 12.6 Å². The lowest BCUT2D eigenvalue weighted by atomic mass is 9.86. The maximum absolute atomic E-state index is 13.0. The van der Waals surface area contributed by atoms with E-state index in [1.165, 1.54) is 6.33 Å². The number of morpholine rings is 1. The summed E-state index contributed by atoms with van der Waals surface area (Å²) in [4.78, 5) is 30.3. The van der Waals surface area contributed by atoms with Crippen LogP contribution in [0, 0.1) is 5.92 Å². The molecule has 154 valence electrons. The third-order valence-electron chi connectivity index (χ3n) is 5.67. The lowest BCUT2D eigenvalue weighted by molar-refractivity contribution is -0.142. The van der Waals surface area contributed by atoms with Crippen molar-refractivity contribution in [3.8, 4) is 5.69 Å². The number of aromatic nitrogens is 3. The summed E-state index contributed by atoms with van der Waals surface area (Å²) in [6, 6.07) is 9.14. The Hall–Kier alpha value is -2.94. The SMILES string of the molecule is O=C(O)C1CCC(NC(=O)N2CCOCC2c2ncnn2-c2ccccc2)CC1. The molecule has 4 rings (SSSR count). The minimum Gasteiger partial charge on any atom is -0.481 e. The van der Waals surface area contributed by atoms with Gasteiger partial charge in [-0.05, 0) is 37.8 Å². The molecule has 1 aromatic carbocycles. The number of amides is 2. The standard InChI is InChI=1S/C20H25N5O4/c26-19(27)14-6-8-15(9-7-14)23-20(28)24-10-11-29-12-17(24)18-21-13-22-25(18)16-4-2-1-3-5-16/h1-5,13-15,17H,6-12H2,(H,23,28)(H,26,27). The van der Waals surface area contributed by atoms with Gasteiger partial charge in [0.05, 0.1) is 24.8 Å². The van der Waals surface area contributed by atoms with Gasteiger partial charge in [0.15, 0.2) is 5.82 Å². The van der Waals surface area contributed by atoms with Crippen molar-refractivity contribution in [2.24, 2.45) is 5.92 Å². The molecule has 1 saturated carbocycles. The van der Waals surface area contributed by atoms with Crippen LogP contribution in [0.4, 0.5) is 4.79 Å². The van der Waals surface area contributed by atoms with Crippen LogP contribution in [0.15, 0.2) is 36.7 Å². The van der Waals surface area contributed by atoms with Gasteiger partial charge >= 0.3 is 12.0 Å². The molecule has 2 N–H and O–H groups in total. The second-order valence-electron chi connectivity index (χ2n) is 7.49. The zero-order valence-electron chi connectivity index (χ0n) is 16.1. The van der Waals surface area contributed by atoms with Crippen LogP contribution in [0.1, 0.15) is 37.5 Å². The molecule has 29 heavy (non-hydrogen) atoms. The largest absolute Gasteiger partial charge is 0.481 e. The van der Waals surface area contributed by atoms with Gasteiger partial charge in [0.2, 0.25) is 0 Å². The zero-order chi connectivity index (χ0) is 20.2. The van der Waals surface area contributed by atoms with E-state index in [9.17, 15) is 9.59 Å². The summed E-state index contributed by atoms with van der Waals surface area (Å²) in [6.07, 6.45) is 4.03. The van der Waals surface area contributed by atoms with Crippen LogP contribution >= 0.6 is 0 Å². The lowest BCUT2D eigenvalue weighted by Gasteiger charge is -2.36. The molecule has 2 aromatic rings. The first-order valence-electron chi connectivity index (χ1n) is 9.96.